The molecule has 0 radical (unpaired) electrons. The Balaban J connectivity index is 1.99. The van der Waals surface area contributed by atoms with Crippen molar-refractivity contribution < 1.29 is 9.18 Å². The predicted octanol–water partition coefficient (Wildman–Crippen LogP) is 4.15. The van der Waals surface area contributed by atoms with Crippen molar-refractivity contribution in [3.05, 3.63) is 63.7 Å². The molecule has 124 valence electrons. The van der Waals surface area contributed by atoms with E-state index in [2.05, 4.69) is 35.5 Å². The van der Waals surface area contributed by atoms with Crippen LogP contribution in [0.15, 0.2) is 41.4 Å². The number of benzene rings is 2. The fourth-order valence-electron chi connectivity index (χ4n) is 2.64. The summed E-state index contributed by atoms with van der Waals surface area (Å²) in [5.74, 6) is -0.522. The van der Waals surface area contributed by atoms with Gasteiger partial charge in [0, 0.05) is 6.54 Å². The molecule has 1 amide bonds. The van der Waals surface area contributed by atoms with Gasteiger partial charge in [-0.05, 0) is 61.7 Å². The first-order valence-corrected chi connectivity index (χ1v) is 8.72. The van der Waals surface area contributed by atoms with E-state index in [4.69, 9.17) is 0 Å². The van der Waals surface area contributed by atoms with Crippen LogP contribution in [0.25, 0.3) is 10.2 Å². The number of aryl methyl sites for hydroxylation is 3. The lowest BCUT2D eigenvalue weighted by Gasteiger charge is -2.03. The zero-order valence-electron chi connectivity index (χ0n) is 14.0. The van der Waals surface area contributed by atoms with Gasteiger partial charge in [-0.1, -0.05) is 23.5 Å². The summed E-state index contributed by atoms with van der Waals surface area (Å²) >= 11 is 1.53. The Morgan fingerprint density at radius 1 is 1.17 bits per heavy atom. The molecule has 3 nitrogen and oxygen atoms in total. The van der Waals surface area contributed by atoms with Gasteiger partial charge in [-0.25, -0.2) is 4.39 Å². The van der Waals surface area contributed by atoms with E-state index in [1.165, 1.54) is 34.6 Å². The van der Waals surface area contributed by atoms with Gasteiger partial charge >= 0.3 is 0 Å². The Kier molecular flexibility index (Phi) is 4.62. The third kappa shape index (κ3) is 3.31. The average Bonchev–Trinajstić information content (AvgIpc) is 2.86. The van der Waals surface area contributed by atoms with E-state index in [0.717, 1.165) is 22.3 Å². The summed E-state index contributed by atoms with van der Waals surface area (Å²) < 4.78 is 16.1. The van der Waals surface area contributed by atoms with Crippen molar-refractivity contribution in [3.63, 3.8) is 0 Å². The molecule has 0 aliphatic rings. The highest BCUT2D eigenvalue weighted by atomic mass is 32.1. The number of hydrogen-bond donors (Lipinski definition) is 0. The SMILES string of the molecule is CCn1c(=NC(=O)Cc2ccc(F)cc2)sc2cc(C)c(C)cc21. The Morgan fingerprint density at radius 2 is 1.83 bits per heavy atom. The number of thiazole rings is 1. The van der Waals surface area contributed by atoms with Crippen LogP contribution in [0.4, 0.5) is 4.39 Å². The van der Waals surface area contributed by atoms with Crippen LogP contribution in [0.1, 0.15) is 23.6 Å². The lowest BCUT2D eigenvalue weighted by atomic mass is 10.1. The second-order valence-electron chi connectivity index (χ2n) is 5.84. The second kappa shape index (κ2) is 6.69. The van der Waals surface area contributed by atoms with E-state index in [1.807, 2.05) is 6.92 Å². The van der Waals surface area contributed by atoms with Crippen LogP contribution in [0.2, 0.25) is 0 Å². The molecule has 1 heterocycles. The highest BCUT2D eigenvalue weighted by molar-refractivity contribution is 7.16. The van der Waals surface area contributed by atoms with Crippen LogP contribution >= 0.6 is 11.3 Å². The third-order valence-corrected chi connectivity index (χ3v) is 5.14. The molecule has 24 heavy (non-hydrogen) atoms. The van der Waals surface area contributed by atoms with Crippen LogP contribution in [-0.2, 0) is 17.8 Å². The largest absolute Gasteiger partial charge is 0.317 e. The van der Waals surface area contributed by atoms with Crippen molar-refractivity contribution in [2.24, 2.45) is 4.99 Å². The van der Waals surface area contributed by atoms with Gasteiger partial charge in [0.2, 0.25) is 0 Å². The first-order valence-electron chi connectivity index (χ1n) is 7.90. The molecule has 0 spiro atoms. The lowest BCUT2D eigenvalue weighted by Crippen LogP contribution is -2.16. The Hall–Kier alpha value is -2.27. The van der Waals surface area contributed by atoms with E-state index in [0.29, 0.717) is 4.80 Å². The van der Waals surface area contributed by atoms with E-state index in [9.17, 15) is 9.18 Å². The zero-order valence-corrected chi connectivity index (χ0v) is 14.8. The highest BCUT2D eigenvalue weighted by Crippen LogP contribution is 2.22. The number of rotatable bonds is 3. The molecule has 5 heteroatoms. The molecular formula is C19H19FN2OS. The monoisotopic (exact) mass is 342 g/mol. The van der Waals surface area contributed by atoms with Crippen molar-refractivity contribution in [1.82, 2.24) is 4.57 Å². The number of nitrogens with zero attached hydrogens (tertiary/aromatic N) is 2. The molecule has 3 rings (SSSR count). The molecule has 0 aliphatic heterocycles. The van der Waals surface area contributed by atoms with E-state index in [-0.39, 0.29) is 18.1 Å². The average molecular weight is 342 g/mol. The number of aromatic nitrogens is 1. The first-order chi connectivity index (χ1) is 11.5. The molecule has 1 aromatic heterocycles. The van der Waals surface area contributed by atoms with Crippen molar-refractivity contribution in [2.75, 3.05) is 0 Å². The maximum absolute atomic E-state index is 12.9. The highest BCUT2D eigenvalue weighted by Gasteiger charge is 2.09. The number of fused-ring (bicyclic) bond motifs is 1. The van der Waals surface area contributed by atoms with Crippen LogP contribution in [0, 0.1) is 19.7 Å². The molecule has 0 saturated carbocycles. The maximum Gasteiger partial charge on any atom is 0.252 e. The number of carbonyl (C=O) groups excluding carboxylic acids is 1. The molecule has 0 N–H and O–H groups in total. The molecule has 0 aliphatic carbocycles. The predicted molar refractivity (Wildman–Crippen MR) is 95.6 cm³/mol. The van der Waals surface area contributed by atoms with E-state index < -0.39 is 0 Å². The van der Waals surface area contributed by atoms with E-state index in [1.54, 1.807) is 12.1 Å². The van der Waals surface area contributed by atoms with Gasteiger partial charge < -0.3 is 4.57 Å². The van der Waals surface area contributed by atoms with Gasteiger partial charge in [0.15, 0.2) is 4.80 Å². The second-order valence-corrected chi connectivity index (χ2v) is 6.85. The maximum atomic E-state index is 12.9. The summed E-state index contributed by atoms with van der Waals surface area (Å²) in [6.07, 6.45) is 0.177. The lowest BCUT2D eigenvalue weighted by molar-refractivity contribution is -0.117. The van der Waals surface area contributed by atoms with Crippen molar-refractivity contribution in [2.45, 2.75) is 33.7 Å². The minimum absolute atomic E-state index is 0.177. The summed E-state index contributed by atoms with van der Waals surface area (Å²) in [6, 6.07) is 10.3. The topological polar surface area (TPSA) is 34.4 Å². The van der Waals surface area contributed by atoms with Crippen LogP contribution in [0.5, 0.6) is 0 Å². The molecule has 2 aromatic carbocycles. The van der Waals surface area contributed by atoms with Crippen LogP contribution in [0.3, 0.4) is 0 Å². The summed E-state index contributed by atoms with van der Waals surface area (Å²) in [5.41, 5.74) is 4.34. The van der Waals surface area contributed by atoms with Gasteiger partial charge in [0.05, 0.1) is 16.6 Å². The minimum atomic E-state index is -0.304. The zero-order chi connectivity index (χ0) is 17.3. The van der Waals surface area contributed by atoms with Gasteiger partial charge in [-0.2, -0.15) is 4.99 Å². The quantitative estimate of drug-likeness (QED) is 0.704. The Labute approximate surface area is 144 Å². The van der Waals surface area contributed by atoms with Gasteiger partial charge in [0.1, 0.15) is 5.82 Å². The fourth-order valence-corrected chi connectivity index (χ4v) is 3.83. The van der Waals surface area contributed by atoms with Gasteiger partial charge in [0.25, 0.3) is 5.91 Å². The normalized spacial score (nSPS) is 12.1. The van der Waals surface area contributed by atoms with Crippen molar-refractivity contribution >= 4 is 27.5 Å². The fraction of sp³-hybridized carbons (Fsp3) is 0.263. The van der Waals surface area contributed by atoms with Crippen molar-refractivity contribution in [3.8, 4) is 0 Å². The molecule has 0 unspecified atom stereocenters. The molecule has 0 bridgehead atoms. The van der Waals surface area contributed by atoms with E-state index >= 15 is 0 Å². The number of halogens is 1. The van der Waals surface area contributed by atoms with Crippen molar-refractivity contribution in [1.29, 1.82) is 0 Å². The summed E-state index contributed by atoms with van der Waals surface area (Å²) in [5, 5.41) is 0. The molecular weight excluding hydrogens is 323 g/mol. The molecule has 0 atom stereocenters. The van der Waals surface area contributed by atoms with Crippen LogP contribution < -0.4 is 4.80 Å². The summed E-state index contributed by atoms with van der Waals surface area (Å²) in [4.78, 5) is 17.3. The van der Waals surface area contributed by atoms with Gasteiger partial charge in [-0.15, -0.1) is 0 Å². The Morgan fingerprint density at radius 3 is 2.50 bits per heavy atom. The smallest absolute Gasteiger partial charge is 0.252 e. The number of hydrogen-bond acceptors (Lipinski definition) is 2. The first kappa shape index (κ1) is 16.6. The Bertz CT molecular complexity index is 967. The third-order valence-electron chi connectivity index (χ3n) is 4.10. The number of amides is 1. The molecule has 3 aromatic rings. The summed E-state index contributed by atoms with van der Waals surface area (Å²) in [6.45, 7) is 6.97. The standard InChI is InChI=1S/C19H19FN2OS/c1-4-22-16-9-12(2)13(3)10-17(16)24-19(22)21-18(23)11-14-5-7-15(20)8-6-14/h5-10H,4,11H2,1-3H3. The minimum Gasteiger partial charge on any atom is -0.317 e. The molecule has 0 fully saturated rings. The summed E-state index contributed by atoms with van der Waals surface area (Å²) in [7, 11) is 0. The van der Waals surface area contributed by atoms with Crippen LogP contribution in [-0.4, -0.2) is 10.5 Å². The molecule has 0 saturated heterocycles. The van der Waals surface area contributed by atoms with Gasteiger partial charge in [-0.3, -0.25) is 4.79 Å². The number of carbonyl (C=O) groups is 1.